The Balaban J connectivity index is 2.27. The van der Waals surface area contributed by atoms with Gasteiger partial charge in [0.1, 0.15) is 0 Å². The number of rotatable bonds is 4. The summed E-state index contributed by atoms with van der Waals surface area (Å²) in [6.07, 6.45) is 2.09. The average molecular weight is 276 g/mol. The van der Waals surface area contributed by atoms with Crippen LogP contribution in [0.2, 0.25) is 0 Å². The Labute approximate surface area is 122 Å². The van der Waals surface area contributed by atoms with Gasteiger partial charge in [-0.3, -0.25) is 5.84 Å². The quantitative estimate of drug-likeness (QED) is 0.503. The largest absolute Gasteiger partial charge is 0.494 e. The summed E-state index contributed by atoms with van der Waals surface area (Å²) < 4.78 is 12.1. The zero-order valence-corrected chi connectivity index (χ0v) is 13.1. The van der Waals surface area contributed by atoms with Crippen LogP contribution in [0.5, 0.6) is 0 Å². The van der Waals surface area contributed by atoms with E-state index < -0.39 is 0 Å². The fourth-order valence-electron chi connectivity index (χ4n) is 2.34. The third-order valence-corrected chi connectivity index (χ3v) is 4.33. The summed E-state index contributed by atoms with van der Waals surface area (Å²) in [7, 11) is -0.345. The normalized spacial score (nSPS) is 20.2. The van der Waals surface area contributed by atoms with E-state index in [1.54, 1.807) is 0 Å². The monoisotopic (exact) mass is 276 g/mol. The highest BCUT2D eigenvalue weighted by molar-refractivity contribution is 6.62. The van der Waals surface area contributed by atoms with Crippen molar-refractivity contribution in [1.29, 1.82) is 0 Å². The molecule has 1 aromatic rings. The number of nitrogens with one attached hydrogen (secondary N) is 1. The molecule has 1 saturated heterocycles. The number of nitrogen functional groups attached to an aromatic ring is 1. The van der Waals surface area contributed by atoms with Gasteiger partial charge in [-0.2, -0.15) is 0 Å². The molecule has 1 fully saturated rings. The van der Waals surface area contributed by atoms with E-state index in [1.165, 1.54) is 5.56 Å². The Morgan fingerprint density at radius 1 is 1.15 bits per heavy atom. The predicted molar refractivity (Wildman–Crippen MR) is 84.0 cm³/mol. The second-order valence-electron chi connectivity index (χ2n) is 6.40. The summed E-state index contributed by atoms with van der Waals surface area (Å²) in [5.74, 6) is 5.62. The third kappa shape index (κ3) is 2.71. The maximum absolute atomic E-state index is 6.06. The summed E-state index contributed by atoms with van der Waals surface area (Å²) >= 11 is 0. The van der Waals surface area contributed by atoms with Crippen LogP contribution in [0.1, 0.15) is 46.6 Å². The van der Waals surface area contributed by atoms with Gasteiger partial charge in [-0.05, 0) is 51.2 Å². The lowest BCUT2D eigenvalue weighted by Crippen LogP contribution is -2.41. The van der Waals surface area contributed by atoms with E-state index in [-0.39, 0.29) is 18.3 Å². The zero-order chi connectivity index (χ0) is 15.0. The van der Waals surface area contributed by atoms with Crippen molar-refractivity contribution in [3.8, 4) is 0 Å². The van der Waals surface area contributed by atoms with Crippen LogP contribution in [0.25, 0.3) is 0 Å². The molecule has 1 aliphatic rings. The Bertz CT molecular complexity index is 473. The van der Waals surface area contributed by atoms with Crippen LogP contribution in [0, 0.1) is 0 Å². The van der Waals surface area contributed by atoms with Crippen molar-refractivity contribution < 1.29 is 9.31 Å². The lowest BCUT2D eigenvalue weighted by molar-refractivity contribution is 0.00578. The van der Waals surface area contributed by atoms with Gasteiger partial charge in [-0.1, -0.05) is 25.5 Å². The molecule has 1 heterocycles. The van der Waals surface area contributed by atoms with Gasteiger partial charge in [0.2, 0.25) is 0 Å². The number of nitrogens with two attached hydrogens (primary N) is 1. The van der Waals surface area contributed by atoms with Gasteiger partial charge in [0.15, 0.2) is 0 Å². The average Bonchev–Trinajstić information content (AvgIpc) is 2.59. The van der Waals surface area contributed by atoms with Gasteiger partial charge in [-0.25, -0.2) is 0 Å². The molecule has 0 unspecified atom stereocenters. The van der Waals surface area contributed by atoms with Crippen molar-refractivity contribution >= 4 is 18.3 Å². The minimum Gasteiger partial charge on any atom is -0.399 e. The molecule has 1 aromatic carbocycles. The SMILES string of the molecule is CCCc1ccc(B2OC(C)(C)C(C)(C)O2)cc1NN. The van der Waals surface area contributed by atoms with Crippen molar-refractivity contribution in [3.05, 3.63) is 23.8 Å². The highest BCUT2D eigenvalue weighted by atomic mass is 16.7. The molecule has 0 spiro atoms. The van der Waals surface area contributed by atoms with Crippen LogP contribution in [-0.2, 0) is 15.7 Å². The molecular formula is C15H25BN2O2. The minimum atomic E-state index is -0.345. The molecule has 2 rings (SSSR count). The summed E-state index contributed by atoms with van der Waals surface area (Å²) in [6, 6.07) is 6.18. The molecule has 5 heteroatoms. The van der Waals surface area contributed by atoms with Crippen molar-refractivity contribution in [3.63, 3.8) is 0 Å². The van der Waals surface area contributed by atoms with Gasteiger partial charge >= 0.3 is 7.12 Å². The highest BCUT2D eigenvalue weighted by Gasteiger charge is 2.51. The Kier molecular flexibility index (Phi) is 4.14. The second-order valence-corrected chi connectivity index (χ2v) is 6.40. The molecule has 20 heavy (non-hydrogen) atoms. The lowest BCUT2D eigenvalue weighted by atomic mass is 9.78. The number of benzene rings is 1. The van der Waals surface area contributed by atoms with E-state index in [0.717, 1.165) is 24.0 Å². The number of hydrogen-bond donors (Lipinski definition) is 2. The number of hydrazine groups is 1. The van der Waals surface area contributed by atoms with Crippen molar-refractivity contribution in [1.82, 2.24) is 0 Å². The van der Waals surface area contributed by atoms with Crippen LogP contribution in [0.4, 0.5) is 5.69 Å². The Morgan fingerprint density at radius 3 is 2.25 bits per heavy atom. The predicted octanol–water partition coefficient (Wildman–Crippen LogP) is 2.22. The zero-order valence-electron chi connectivity index (χ0n) is 13.1. The van der Waals surface area contributed by atoms with Gasteiger partial charge in [0, 0.05) is 0 Å². The summed E-state index contributed by atoms with van der Waals surface area (Å²) in [6.45, 7) is 10.4. The molecule has 0 radical (unpaired) electrons. The van der Waals surface area contributed by atoms with Crippen LogP contribution in [-0.4, -0.2) is 18.3 Å². The van der Waals surface area contributed by atoms with Crippen LogP contribution < -0.4 is 16.7 Å². The highest BCUT2D eigenvalue weighted by Crippen LogP contribution is 2.36. The van der Waals surface area contributed by atoms with Gasteiger partial charge < -0.3 is 14.7 Å². The number of hydrogen-bond acceptors (Lipinski definition) is 4. The van der Waals surface area contributed by atoms with Gasteiger partial charge in [-0.15, -0.1) is 0 Å². The van der Waals surface area contributed by atoms with Crippen molar-refractivity contribution in [2.75, 3.05) is 5.43 Å². The molecule has 0 amide bonds. The molecule has 0 aliphatic carbocycles. The molecule has 1 aliphatic heterocycles. The van der Waals surface area contributed by atoms with Crippen molar-refractivity contribution in [2.45, 2.75) is 58.7 Å². The first-order valence-corrected chi connectivity index (χ1v) is 7.26. The smallest absolute Gasteiger partial charge is 0.399 e. The molecule has 0 atom stereocenters. The van der Waals surface area contributed by atoms with E-state index in [2.05, 4.69) is 52.2 Å². The molecule has 4 nitrogen and oxygen atoms in total. The van der Waals surface area contributed by atoms with Crippen LogP contribution >= 0.6 is 0 Å². The maximum atomic E-state index is 6.06. The topological polar surface area (TPSA) is 56.5 Å². The standard InChI is InChI=1S/C15H25BN2O2/c1-6-7-11-8-9-12(10-13(11)18-17)16-19-14(2,3)15(4,5)20-16/h8-10,18H,6-7,17H2,1-5H3. The Hall–Kier alpha value is -1.04. The third-order valence-electron chi connectivity index (χ3n) is 4.33. The first-order valence-electron chi connectivity index (χ1n) is 7.26. The molecular weight excluding hydrogens is 251 g/mol. The van der Waals surface area contributed by atoms with E-state index in [4.69, 9.17) is 15.2 Å². The van der Waals surface area contributed by atoms with E-state index >= 15 is 0 Å². The fourth-order valence-corrected chi connectivity index (χ4v) is 2.34. The van der Waals surface area contributed by atoms with Gasteiger partial charge in [0.05, 0.1) is 16.9 Å². The van der Waals surface area contributed by atoms with Crippen LogP contribution in [0.15, 0.2) is 18.2 Å². The molecule has 0 aromatic heterocycles. The summed E-state index contributed by atoms with van der Waals surface area (Å²) in [5, 5.41) is 0. The van der Waals surface area contributed by atoms with E-state index in [0.29, 0.717) is 0 Å². The summed E-state index contributed by atoms with van der Waals surface area (Å²) in [5.41, 5.74) is 5.29. The number of aryl methyl sites for hydroxylation is 1. The number of anilines is 1. The summed E-state index contributed by atoms with van der Waals surface area (Å²) in [4.78, 5) is 0. The van der Waals surface area contributed by atoms with E-state index in [1.807, 2.05) is 6.07 Å². The molecule has 0 saturated carbocycles. The van der Waals surface area contributed by atoms with Crippen LogP contribution in [0.3, 0.4) is 0 Å². The molecule has 0 bridgehead atoms. The first kappa shape index (κ1) is 15.4. The fraction of sp³-hybridized carbons (Fsp3) is 0.600. The minimum absolute atomic E-state index is 0.323. The first-order chi connectivity index (χ1) is 9.30. The van der Waals surface area contributed by atoms with Crippen molar-refractivity contribution in [2.24, 2.45) is 5.84 Å². The molecule has 110 valence electrons. The lowest BCUT2D eigenvalue weighted by Gasteiger charge is -2.32. The van der Waals surface area contributed by atoms with E-state index in [9.17, 15) is 0 Å². The maximum Gasteiger partial charge on any atom is 0.494 e. The Morgan fingerprint density at radius 2 is 1.75 bits per heavy atom. The van der Waals surface area contributed by atoms with Gasteiger partial charge in [0.25, 0.3) is 0 Å². The second kappa shape index (κ2) is 5.39. The molecule has 3 N–H and O–H groups in total.